The van der Waals surface area contributed by atoms with Crippen LogP contribution in [0.2, 0.25) is 0 Å². The van der Waals surface area contributed by atoms with E-state index in [9.17, 15) is 9.18 Å². The van der Waals surface area contributed by atoms with E-state index in [0.717, 1.165) is 5.56 Å². The van der Waals surface area contributed by atoms with Gasteiger partial charge in [-0.2, -0.15) is 5.26 Å². The second kappa shape index (κ2) is 8.81. The average Bonchev–Trinajstić information content (AvgIpc) is 2.64. The van der Waals surface area contributed by atoms with E-state index in [1.165, 1.54) is 19.2 Å². The van der Waals surface area contributed by atoms with Gasteiger partial charge < -0.3 is 14.8 Å². The third-order valence-corrected chi connectivity index (χ3v) is 3.61. The van der Waals surface area contributed by atoms with Crippen molar-refractivity contribution >= 4 is 5.91 Å². The first kappa shape index (κ1) is 18.4. The molecule has 0 saturated carbocycles. The van der Waals surface area contributed by atoms with Gasteiger partial charge in [-0.1, -0.05) is 12.1 Å². The molecule has 0 bridgehead atoms. The largest absolute Gasteiger partial charge is 0.497 e. The Hall–Kier alpha value is -2.91. The topological polar surface area (TPSA) is 71.3 Å². The molecule has 1 amide bonds. The molecule has 2 aromatic carbocycles. The van der Waals surface area contributed by atoms with Crippen LogP contribution < -0.4 is 10.1 Å². The summed E-state index contributed by atoms with van der Waals surface area (Å²) in [6, 6.07) is 13.2. The number of hydrogen-bond donors (Lipinski definition) is 1. The van der Waals surface area contributed by atoms with Crippen LogP contribution in [0.3, 0.4) is 0 Å². The lowest BCUT2D eigenvalue weighted by molar-refractivity contribution is -0.133. The summed E-state index contributed by atoms with van der Waals surface area (Å²) >= 11 is 0. The third-order valence-electron chi connectivity index (χ3n) is 3.61. The first-order valence-corrected chi connectivity index (χ1v) is 7.80. The highest BCUT2D eigenvalue weighted by molar-refractivity contribution is 5.82. The van der Waals surface area contributed by atoms with Crippen molar-refractivity contribution in [3.63, 3.8) is 0 Å². The fourth-order valence-corrected chi connectivity index (χ4v) is 2.30. The SMILES string of the molecule is CCOC(C(=O)NCc1ccc(C#N)cc1)c1ccc(OC)cc1F. The van der Waals surface area contributed by atoms with Crippen molar-refractivity contribution in [1.82, 2.24) is 5.32 Å². The van der Waals surface area contributed by atoms with Crippen LogP contribution in [0.25, 0.3) is 0 Å². The van der Waals surface area contributed by atoms with Crippen molar-refractivity contribution in [2.75, 3.05) is 13.7 Å². The van der Waals surface area contributed by atoms with Gasteiger partial charge in [-0.25, -0.2) is 4.39 Å². The summed E-state index contributed by atoms with van der Waals surface area (Å²) in [5, 5.41) is 11.5. The minimum absolute atomic E-state index is 0.153. The molecule has 0 aromatic heterocycles. The Bertz CT molecular complexity index is 769. The van der Waals surface area contributed by atoms with Crippen LogP contribution in [-0.2, 0) is 16.1 Å². The van der Waals surface area contributed by atoms with Gasteiger partial charge in [0.15, 0.2) is 6.10 Å². The van der Waals surface area contributed by atoms with Crippen molar-refractivity contribution in [2.45, 2.75) is 19.6 Å². The molecule has 2 aromatic rings. The number of halogens is 1. The second-order valence-corrected chi connectivity index (χ2v) is 5.25. The smallest absolute Gasteiger partial charge is 0.254 e. The molecule has 6 heteroatoms. The van der Waals surface area contributed by atoms with Gasteiger partial charge in [-0.3, -0.25) is 4.79 Å². The van der Waals surface area contributed by atoms with E-state index in [1.54, 1.807) is 37.3 Å². The lowest BCUT2D eigenvalue weighted by Crippen LogP contribution is -2.31. The molecule has 1 N–H and O–H groups in total. The van der Waals surface area contributed by atoms with Crippen molar-refractivity contribution < 1.29 is 18.7 Å². The maximum atomic E-state index is 14.2. The molecule has 1 unspecified atom stereocenters. The van der Waals surface area contributed by atoms with Gasteiger partial charge in [-0.15, -0.1) is 0 Å². The van der Waals surface area contributed by atoms with Crippen LogP contribution in [0.1, 0.15) is 29.7 Å². The molecule has 0 spiro atoms. The predicted octanol–water partition coefficient (Wildman–Crippen LogP) is 3.10. The van der Waals surface area contributed by atoms with E-state index in [2.05, 4.69) is 5.32 Å². The Balaban J connectivity index is 2.10. The Labute approximate surface area is 146 Å². The molecule has 5 nitrogen and oxygen atoms in total. The summed E-state index contributed by atoms with van der Waals surface area (Å²) in [4.78, 5) is 12.5. The molecule has 0 heterocycles. The van der Waals surface area contributed by atoms with Gasteiger partial charge in [0.25, 0.3) is 5.91 Å². The molecule has 0 radical (unpaired) electrons. The van der Waals surface area contributed by atoms with Gasteiger partial charge in [0, 0.05) is 24.8 Å². The second-order valence-electron chi connectivity index (χ2n) is 5.25. The average molecular weight is 342 g/mol. The fraction of sp³-hybridized carbons (Fsp3) is 0.263. The molecule has 2 rings (SSSR count). The minimum atomic E-state index is -1.05. The first-order valence-electron chi connectivity index (χ1n) is 7.80. The number of nitriles is 1. The standard InChI is InChI=1S/C19H19FN2O3/c1-3-25-18(16-9-8-15(24-2)10-17(16)20)19(23)22-12-14-6-4-13(11-21)5-7-14/h4-10,18H,3,12H2,1-2H3,(H,22,23). The van der Waals surface area contributed by atoms with E-state index >= 15 is 0 Å². The zero-order chi connectivity index (χ0) is 18.2. The summed E-state index contributed by atoms with van der Waals surface area (Å²) in [6.07, 6.45) is -1.05. The van der Waals surface area contributed by atoms with Crippen LogP contribution in [0.15, 0.2) is 42.5 Å². The molecule has 130 valence electrons. The minimum Gasteiger partial charge on any atom is -0.497 e. The molecule has 0 fully saturated rings. The zero-order valence-electron chi connectivity index (χ0n) is 14.1. The molecule has 0 aliphatic carbocycles. The van der Waals surface area contributed by atoms with Crippen LogP contribution in [0.4, 0.5) is 4.39 Å². The molecular formula is C19H19FN2O3. The van der Waals surface area contributed by atoms with Gasteiger partial charge >= 0.3 is 0 Å². The third kappa shape index (κ3) is 4.78. The number of amides is 1. The number of hydrogen-bond acceptors (Lipinski definition) is 4. The monoisotopic (exact) mass is 342 g/mol. The lowest BCUT2D eigenvalue weighted by atomic mass is 10.1. The predicted molar refractivity (Wildman–Crippen MR) is 90.3 cm³/mol. The van der Waals surface area contributed by atoms with Crippen LogP contribution >= 0.6 is 0 Å². The maximum Gasteiger partial charge on any atom is 0.254 e. The van der Waals surface area contributed by atoms with E-state index in [-0.39, 0.29) is 18.7 Å². The maximum absolute atomic E-state index is 14.2. The van der Waals surface area contributed by atoms with Gasteiger partial charge in [0.1, 0.15) is 11.6 Å². The molecular weight excluding hydrogens is 323 g/mol. The van der Waals surface area contributed by atoms with E-state index in [0.29, 0.717) is 11.3 Å². The number of carbonyl (C=O) groups excluding carboxylic acids is 1. The van der Waals surface area contributed by atoms with E-state index in [4.69, 9.17) is 14.7 Å². The van der Waals surface area contributed by atoms with Gasteiger partial charge in [0.2, 0.25) is 0 Å². The number of ether oxygens (including phenoxy) is 2. The van der Waals surface area contributed by atoms with Crippen molar-refractivity contribution in [3.8, 4) is 11.8 Å². The van der Waals surface area contributed by atoms with Gasteiger partial charge in [-0.05, 0) is 36.8 Å². The Morgan fingerprint density at radius 2 is 2.00 bits per heavy atom. The van der Waals surface area contributed by atoms with Crippen molar-refractivity contribution in [3.05, 3.63) is 65.0 Å². The Morgan fingerprint density at radius 1 is 1.28 bits per heavy atom. The Kier molecular flexibility index (Phi) is 6.49. The quantitative estimate of drug-likeness (QED) is 0.839. The summed E-state index contributed by atoms with van der Waals surface area (Å²) in [5.74, 6) is -0.629. The summed E-state index contributed by atoms with van der Waals surface area (Å²) in [7, 11) is 1.44. The summed E-state index contributed by atoms with van der Waals surface area (Å²) < 4.78 is 24.7. The first-order chi connectivity index (χ1) is 12.1. The number of methoxy groups -OCH3 is 1. The zero-order valence-corrected chi connectivity index (χ0v) is 14.1. The van der Waals surface area contributed by atoms with Crippen molar-refractivity contribution in [1.29, 1.82) is 5.26 Å². The fourth-order valence-electron chi connectivity index (χ4n) is 2.30. The number of nitrogens with one attached hydrogen (secondary N) is 1. The number of rotatable bonds is 7. The Morgan fingerprint density at radius 3 is 2.56 bits per heavy atom. The van der Waals surface area contributed by atoms with Crippen LogP contribution in [0.5, 0.6) is 5.75 Å². The molecule has 25 heavy (non-hydrogen) atoms. The highest BCUT2D eigenvalue weighted by atomic mass is 19.1. The number of nitrogens with zero attached hydrogens (tertiary/aromatic N) is 1. The molecule has 0 aliphatic heterocycles. The highest BCUT2D eigenvalue weighted by Crippen LogP contribution is 2.25. The highest BCUT2D eigenvalue weighted by Gasteiger charge is 2.24. The molecule has 0 aliphatic rings. The normalized spacial score (nSPS) is 11.4. The van der Waals surface area contributed by atoms with E-state index in [1.807, 2.05) is 6.07 Å². The van der Waals surface area contributed by atoms with E-state index < -0.39 is 17.8 Å². The number of carbonyl (C=O) groups is 1. The molecule has 1 atom stereocenters. The molecule has 0 saturated heterocycles. The number of benzene rings is 2. The summed E-state index contributed by atoms with van der Waals surface area (Å²) in [5.41, 5.74) is 1.53. The lowest BCUT2D eigenvalue weighted by Gasteiger charge is -2.18. The van der Waals surface area contributed by atoms with Gasteiger partial charge in [0.05, 0.1) is 18.7 Å². The van der Waals surface area contributed by atoms with Crippen LogP contribution in [-0.4, -0.2) is 19.6 Å². The van der Waals surface area contributed by atoms with Crippen molar-refractivity contribution in [2.24, 2.45) is 0 Å². The van der Waals surface area contributed by atoms with Crippen LogP contribution in [0, 0.1) is 17.1 Å². The summed E-state index contributed by atoms with van der Waals surface area (Å²) in [6.45, 7) is 2.26.